The lowest BCUT2D eigenvalue weighted by atomic mass is 10.1. The summed E-state index contributed by atoms with van der Waals surface area (Å²) in [6.45, 7) is 5.95. The van der Waals surface area contributed by atoms with E-state index in [1.54, 1.807) is 0 Å². The molecule has 0 radical (unpaired) electrons. The van der Waals surface area contributed by atoms with E-state index in [2.05, 4.69) is 30.8 Å². The Morgan fingerprint density at radius 3 is 2.69 bits per heavy atom. The summed E-state index contributed by atoms with van der Waals surface area (Å²) in [6.07, 6.45) is 2.04. The highest BCUT2D eigenvalue weighted by atomic mass is 16.3. The standard InChI is InChI=1S/C15H12O/c1-3-12-10(2)16-15-13-7-5-4-6-11(13)8-9-14(12)15/h3-9H,2H2,1H3/b12-3+. The van der Waals surface area contributed by atoms with Gasteiger partial charge in [-0.1, -0.05) is 43.0 Å². The van der Waals surface area contributed by atoms with Gasteiger partial charge in [0.05, 0.1) is 0 Å². The topological polar surface area (TPSA) is 13.1 Å². The molecule has 0 saturated carbocycles. The zero-order valence-corrected chi connectivity index (χ0v) is 9.16. The van der Waals surface area contributed by atoms with Crippen molar-refractivity contribution in [3.8, 4) is 0 Å². The monoisotopic (exact) mass is 208 g/mol. The highest BCUT2D eigenvalue weighted by Gasteiger charge is 2.05. The lowest BCUT2D eigenvalue weighted by molar-refractivity contribution is 0.580. The van der Waals surface area contributed by atoms with Gasteiger partial charge in [-0.15, -0.1) is 0 Å². The minimum atomic E-state index is 0.744. The second-order valence-corrected chi connectivity index (χ2v) is 3.89. The number of hydrogen-bond acceptors (Lipinski definition) is 1. The van der Waals surface area contributed by atoms with Crippen LogP contribution in [0.15, 0.2) is 40.8 Å². The SMILES string of the molecule is C=c1oc2c(ccc3ccccc32)/c1=C/C. The summed E-state index contributed by atoms with van der Waals surface area (Å²) < 4.78 is 5.76. The largest absolute Gasteiger partial charge is 0.456 e. The van der Waals surface area contributed by atoms with Gasteiger partial charge in [0.2, 0.25) is 0 Å². The van der Waals surface area contributed by atoms with E-state index in [-0.39, 0.29) is 0 Å². The Labute approximate surface area is 93.3 Å². The van der Waals surface area contributed by atoms with Crippen LogP contribution in [0, 0.1) is 0 Å². The third-order valence-electron chi connectivity index (χ3n) is 2.98. The van der Waals surface area contributed by atoms with Crippen molar-refractivity contribution in [1.29, 1.82) is 0 Å². The molecule has 16 heavy (non-hydrogen) atoms. The molecule has 0 bridgehead atoms. The van der Waals surface area contributed by atoms with Gasteiger partial charge < -0.3 is 4.42 Å². The van der Waals surface area contributed by atoms with Crippen LogP contribution in [0.2, 0.25) is 0 Å². The van der Waals surface area contributed by atoms with Crippen molar-refractivity contribution >= 4 is 34.4 Å². The summed E-state index contributed by atoms with van der Waals surface area (Å²) in [4.78, 5) is 0. The third kappa shape index (κ3) is 1.12. The summed E-state index contributed by atoms with van der Waals surface area (Å²) >= 11 is 0. The molecule has 1 aromatic heterocycles. The van der Waals surface area contributed by atoms with Crippen molar-refractivity contribution in [3.05, 3.63) is 47.0 Å². The smallest absolute Gasteiger partial charge is 0.143 e. The van der Waals surface area contributed by atoms with Gasteiger partial charge in [0.25, 0.3) is 0 Å². The van der Waals surface area contributed by atoms with Crippen molar-refractivity contribution in [2.75, 3.05) is 0 Å². The molecule has 0 saturated heterocycles. The molecule has 3 aromatic rings. The third-order valence-corrected chi connectivity index (χ3v) is 2.98. The van der Waals surface area contributed by atoms with E-state index in [4.69, 9.17) is 4.42 Å². The maximum atomic E-state index is 5.76. The van der Waals surface area contributed by atoms with Crippen LogP contribution in [0.4, 0.5) is 0 Å². The molecule has 0 aliphatic carbocycles. The fourth-order valence-electron chi connectivity index (χ4n) is 2.21. The summed E-state index contributed by atoms with van der Waals surface area (Å²) in [5, 5.41) is 4.59. The first kappa shape index (κ1) is 9.22. The highest BCUT2D eigenvalue weighted by molar-refractivity contribution is 6.04. The van der Waals surface area contributed by atoms with E-state index in [1.807, 2.05) is 25.1 Å². The second kappa shape index (κ2) is 3.24. The van der Waals surface area contributed by atoms with Gasteiger partial charge in [-0.2, -0.15) is 0 Å². The molecule has 1 heteroatoms. The van der Waals surface area contributed by atoms with Crippen LogP contribution in [0.5, 0.6) is 0 Å². The molecule has 0 aliphatic rings. The summed E-state index contributed by atoms with van der Waals surface area (Å²) in [5.74, 6) is 0. The lowest BCUT2D eigenvalue weighted by Crippen LogP contribution is -2.16. The van der Waals surface area contributed by atoms with Crippen LogP contribution in [0.1, 0.15) is 6.92 Å². The Kier molecular flexibility index (Phi) is 1.87. The number of hydrogen-bond donors (Lipinski definition) is 0. The molecule has 0 unspecified atom stereocenters. The van der Waals surface area contributed by atoms with Gasteiger partial charge in [-0.25, -0.2) is 0 Å². The molecule has 0 N–H and O–H groups in total. The number of benzene rings is 2. The maximum absolute atomic E-state index is 5.76. The molecule has 0 aliphatic heterocycles. The molecule has 2 aromatic carbocycles. The number of rotatable bonds is 0. The van der Waals surface area contributed by atoms with Crippen LogP contribution >= 0.6 is 0 Å². The fourth-order valence-corrected chi connectivity index (χ4v) is 2.21. The molecular formula is C15H12O. The molecule has 0 spiro atoms. The molecule has 0 atom stereocenters. The predicted molar refractivity (Wildman–Crippen MR) is 68.6 cm³/mol. The minimum absolute atomic E-state index is 0.744. The quantitative estimate of drug-likeness (QED) is 0.553. The van der Waals surface area contributed by atoms with Gasteiger partial charge in [0.1, 0.15) is 11.0 Å². The van der Waals surface area contributed by atoms with Crippen molar-refractivity contribution < 1.29 is 4.42 Å². The molecule has 1 nitrogen and oxygen atoms in total. The Bertz CT molecular complexity index is 778. The average molecular weight is 208 g/mol. The Balaban J connectivity index is 2.69. The van der Waals surface area contributed by atoms with Crippen molar-refractivity contribution in [3.63, 3.8) is 0 Å². The Morgan fingerprint density at radius 2 is 1.88 bits per heavy atom. The average Bonchev–Trinajstić information content (AvgIpc) is 2.65. The van der Waals surface area contributed by atoms with Crippen LogP contribution in [-0.4, -0.2) is 0 Å². The zero-order chi connectivity index (χ0) is 11.1. The molecular weight excluding hydrogens is 196 g/mol. The highest BCUT2D eigenvalue weighted by Crippen LogP contribution is 2.22. The zero-order valence-electron chi connectivity index (χ0n) is 9.16. The Hall–Kier alpha value is -2.02. The van der Waals surface area contributed by atoms with E-state index >= 15 is 0 Å². The first-order chi connectivity index (χ1) is 7.81. The van der Waals surface area contributed by atoms with E-state index < -0.39 is 0 Å². The van der Waals surface area contributed by atoms with E-state index in [0.717, 1.165) is 27.0 Å². The first-order valence-electron chi connectivity index (χ1n) is 5.37. The van der Waals surface area contributed by atoms with Gasteiger partial charge in [-0.3, -0.25) is 0 Å². The van der Waals surface area contributed by atoms with Gasteiger partial charge in [-0.05, 0) is 18.4 Å². The van der Waals surface area contributed by atoms with E-state index in [1.165, 1.54) is 5.39 Å². The van der Waals surface area contributed by atoms with Crippen LogP contribution in [0.25, 0.3) is 34.4 Å². The molecule has 0 fully saturated rings. The summed E-state index contributed by atoms with van der Waals surface area (Å²) in [7, 11) is 0. The van der Waals surface area contributed by atoms with Crippen molar-refractivity contribution in [1.82, 2.24) is 0 Å². The van der Waals surface area contributed by atoms with Crippen LogP contribution in [-0.2, 0) is 0 Å². The minimum Gasteiger partial charge on any atom is -0.456 e. The van der Waals surface area contributed by atoms with Gasteiger partial charge in [0.15, 0.2) is 0 Å². The molecule has 3 rings (SSSR count). The normalized spacial score (nSPS) is 12.7. The maximum Gasteiger partial charge on any atom is 0.143 e. The fraction of sp³-hybridized carbons (Fsp3) is 0.0667. The first-order valence-corrected chi connectivity index (χ1v) is 5.37. The lowest BCUT2D eigenvalue weighted by Gasteiger charge is -1.96. The Morgan fingerprint density at radius 1 is 1.06 bits per heavy atom. The van der Waals surface area contributed by atoms with Gasteiger partial charge in [0, 0.05) is 16.0 Å². The molecule has 1 heterocycles. The molecule has 78 valence electrons. The number of furan rings is 1. The van der Waals surface area contributed by atoms with E-state index in [9.17, 15) is 0 Å². The van der Waals surface area contributed by atoms with Crippen molar-refractivity contribution in [2.45, 2.75) is 6.92 Å². The second-order valence-electron chi connectivity index (χ2n) is 3.89. The molecule has 0 amide bonds. The predicted octanol–water partition coefficient (Wildman–Crippen LogP) is 2.80. The van der Waals surface area contributed by atoms with Crippen LogP contribution < -0.4 is 10.6 Å². The number of fused-ring (bicyclic) bond motifs is 3. The summed E-state index contributed by atoms with van der Waals surface area (Å²) in [5.41, 5.74) is 1.69. The van der Waals surface area contributed by atoms with E-state index in [0.29, 0.717) is 0 Å². The summed E-state index contributed by atoms with van der Waals surface area (Å²) in [6, 6.07) is 12.5. The van der Waals surface area contributed by atoms with Crippen molar-refractivity contribution in [2.24, 2.45) is 0 Å². The van der Waals surface area contributed by atoms with Crippen LogP contribution in [0.3, 0.4) is 0 Å². The van der Waals surface area contributed by atoms with Gasteiger partial charge >= 0.3 is 0 Å².